The van der Waals surface area contributed by atoms with Gasteiger partial charge >= 0.3 is 0 Å². The zero-order valence-electron chi connectivity index (χ0n) is 21.7. The van der Waals surface area contributed by atoms with E-state index in [-0.39, 0.29) is 5.91 Å². The monoisotopic (exact) mass is 531 g/mol. The van der Waals surface area contributed by atoms with E-state index in [1.807, 2.05) is 72.5 Å². The first-order chi connectivity index (χ1) is 18.4. The molecule has 0 saturated heterocycles. The molecule has 1 aromatic heterocycles. The number of carbonyl (C=O) groups is 1. The number of amides is 1. The van der Waals surface area contributed by atoms with E-state index >= 15 is 0 Å². The van der Waals surface area contributed by atoms with E-state index in [0.29, 0.717) is 47.0 Å². The number of halogens is 1. The molecule has 0 atom stereocenters. The summed E-state index contributed by atoms with van der Waals surface area (Å²) in [6.45, 7) is 2.97. The molecule has 1 aliphatic carbocycles. The third-order valence-corrected chi connectivity index (χ3v) is 6.85. The second-order valence-corrected chi connectivity index (χ2v) is 9.83. The molecule has 1 heterocycles. The van der Waals surface area contributed by atoms with E-state index in [4.69, 9.17) is 30.9 Å². The second-order valence-electron chi connectivity index (χ2n) is 9.40. The van der Waals surface area contributed by atoms with Crippen LogP contribution in [0.15, 0.2) is 72.8 Å². The van der Waals surface area contributed by atoms with Gasteiger partial charge in [0, 0.05) is 17.1 Å². The summed E-state index contributed by atoms with van der Waals surface area (Å²) in [5.41, 5.74) is 3.00. The van der Waals surface area contributed by atoms with E-state index < -0.39 is 0 Å². The van der Waals surface area contributed by atoms with E-state index in [9.17, 15) is 4.79 Å². The van der Waals surface area contributed by atoms with Gasteiger partial charge in [0.2, 0.25) is 5.88 Å². The molecule has 4 aromatic rings. The fraction of sp³-hybridized carbons (Fsp3) is 0.267. The number of hydrogen-bond donors (Lipinski definition) is 0. The van der Waals surface area contributed by atoms with Crippen LogP contribution in [0.25, 0.3) is 5.69 Å². The van der Waals surface area contributed by atoms with Crippen molar-refractivity contribution < 1.29 is 19.0 Å². The highest BCUT2D eigenvalue weighted by atomic mass is 35.5. The molecular weight excluding hydrogens is 502 g/mol. The van der Waals surface area contributed by atoms with Crippen molar-refractivity contribution in [3.8, 4) is 28.8 Å². The van der Waals surface area contributed by atoms with Crippen LogP contribution in [-0.2, 0) is 6.54 Å². The first-order valence-electron chi connectivity index (χ1n) is 12.5. The number of carbonyl (C=O) groups excluding carboxylic acids is 1. The number of nitrogens with zero attached hydrogens (tertiary/aromatic N) is 3. The molecule has 7 nitrogen and oxygen atoms in total. The highest BCUT2D eigenvalue weighted by Gasteiger charge is 2.30. The van der Waals surface area contributed by atoms with Crippen molar-refractivity contribution in [1.82, 2.24) is 14.7 Å². The number of rotatable bonds is 10. The summed E-state index contributed by atoms with van der Waals surface area (Å²) in [5.74, 6) is 3.09. The Morgan fingerprint density at radius 2 is 1.61 bits per heavy atom. The molecule has 8 heteroatoms. The van der Waals surface area contributed by atoms with E-state index in [0.717, 1.165) is 35.5 Å². The fourth-order valence-corrected chi connectivity index (χ4v) is 4.49. The fourth-order valence-electron chi connectivity index (χ4n) is 4.30. The SMILES string of the molecule is COc1ccc(Oc2c(CN(CC3CC3)C(=O)c3ccc(OC)cc3)c(C)nn2-c2cccc(Cl)c2)cc1. The van der Waals surface area contributed by atoms with Gasteiger partial charge in [-0.2, -0.15) is 5.10 Å². The van der Waals surface area contributed by atoms with E-state index in [2.05, 4.69) is 0 Å². The van der Waals surface area contributed by atoms with Crippen LogP contribution >= 0.6 is 11.6 Å². The van der Waals surface area contributed by atoms with Crippen LogP contribution < -0.4 is 14.2 Å². The zero-order valence-corrected chi connectivity index (χ0v) is 22.4. The lowest BCUT2D eigenvalue weighted by molar-refractivity contribution is 0.0733. The zero-order chi connectivity index (χ0) is 26.6. The van der Waals surface area contributed by atoms with Gasteiger partial charge in [-0.3, -0.25) is 4.79 Å². The van der Waals surface area contributed by atoms with Crippen LogP contribution in [0.5, 0.6) is 23.1 Å². The number of benzene rings is 3. The van der Waals surface area contributed by atoms with Gasteiger partial charge in [0.05, 0.1) is 37.7 Å². The molecule has 0 unspecified atom stereocenters. The smallest absolute Gasteiger partial charge is 0.254 e. The number of hydrogen-bond acceptors (Lipinski definition) is 5. The minimum Gasteiger partial charge on any atom is -0.497 e. The minimum absolute atomic E-state index is 0.0372. The molecule has 5 rings (SSSR count). The van der Waals surface area contributed by atoms with Crippen molar-refractivity contribution >= 4 is 17.5 Å². The predicted octanol–water partition coefficient (Wildman–Crippen LogP) is 6.70. The lowest BCUT2D eigenvalue weighted by Gasteiger charge is -2.23. The molecule has 196 valence electrons. The topological polar surface area (TPSA) is 65.8 Å². The highest BCUT2D eigenvalue weighted by molar-refractivity contribution is 6.30. The Bertz CT molecular complexity index is 1410. The molecule has 38 heavy (non-hydrogen) atoms. The predicted molar refractivity (Wildman–Crippen MR) is 147 cm³/mol. The number of methoxy groups -OCH3 is 2. The molecule has 0 radical (unpaired) electrons. The molecule has 3 aromatic carbocycles. The Balaban J connectivity index is 1.53. The van der Waals surface area contributed by atoms with E-state index in [1.54, 1.807) is 31.0 Å². The van der Waals surface area contributed by atoms with Crippen LogP contribution in [0, 0.1) is 12.8 Å². The highest BCUT2D eigenvalue weighted by Crippen LogP contribution is 2.35. The maximum atomic E-state index is 13.7. The van der Waals surface area contributed by atoms with Crippen LogP contribution in [0.1, 0.15) is 34.5 Å². The molecule has 1 fully saturated rings. The average Bonchev–Trinajstić information content (AvgIpc) is 3.71. The second kappa shape index (κ2) is 11.2. The van der Waals surface area contributed by atoms with Gasteiger partial charge in [-0.1, -0.05) is 17.7 Å². The van der Waals surface area contributed by atoms with Gasteiger partial charge in [-0.05, 0) is 92.4 Å². The van der Waals surface area contributed by atoms with Crippen molar-refractivity contribution in [2.75, 3.05) is 20.8 Å². The van der Waals surface area contributed by atoms with Crippen molar-refractivity contribution in [1.29, 1.82) is 0 Å². The Hall–Kier alpha value is -3.97. The third-order valence-electron chi connectivity index (χ3n) is 6.61. The molecular formula is C30H30ClN3O4. The number of aryl methyl sites for hydroxylation is 1. The summed E-state index contributed by atoms with van der Waals surface area (Å²) in [4.78, 5) is 15.6. The Labute approximate surface area is 227 Å². The lowest BCUT2D eigenvalue weighted by Crippen LogP contribution is -2.32. The molecule has 0 aliphatic heterocycles. The first kappa shape index (κ1) is 25.7. The van der Waals surface area contributed by atoms with Gasteiger partial charge in [0.15, 0.2) is 0 Å². The maximum Gasteiger partial charge on any atom is 0.254 e. The lowest BCUT2D eigenvalue weighted by atomic mass is 10.1. The maximum absolute atomic E-state index is 13.7. The number of aromatic nitrogens is 2. The van der Waals surface area contributed by atoms with E-state index in [1.165, 1.54) is 0 Å². The van der Waals surface area contributed by atoms with Crippen molar-refractivity contribution in [2.45, 2.75) is 26.3 Å². The van der Waals surface area contributed by atoms with Crippen LogP contribution in [-0.4, -0.2) is 41.4 Å². The quantitative estimate of drug-likeness (QED) is 0.228. The van der Waals surface area contributed by atoms with Gasteiger partial charge < -0.3 is 19.1 Å². The average molecular weight is 532 g/mol. The summed E-state index contributed by atoms with van der Waals surface area (Å²) < 4.78 is 18.7. The Morgan fingerprint density at radius 1 is 0.974 bits per heavy atom. The number of ether oxygens (including phenoxy) is 3. The molecule has 0 N–H and O–H groups in total. The molecule has 1 amide bonds. The molecule has 1 saturated carbocycles. The van der Waals surface area contributed by atoms with Gasteiger partial charge in [-0.15, -0.1) is 0 Å². The first-order valence-corrected chi connectivity index (χ1v) is 12.9. The summed E-state index contributed by atoms with van der Waals surface area (Å²) in [7, 11) is 3.24. The van der Waals surface area contributed by atoms with Crippen molar-refractivity contribution in [2.24, 2.45) is 5.92 Å². The Kier molecular flexibility index (Phi) is 7.56. The Morgan fingerprint density at radius 3 is 2.21 bits per heavy atom. The summed E-state index contributed by atoms with van der Waals surface area (Å²) in [5, 5.41) is 5.40. The van der Waals surface area contributed by atoms with Gasteiger partial charge in [-0.25, -0.2) is 4.68 Å². The van der Waals surface area contributed by atoms with Gasteiger partial charge in [0.1, 0.15) is 17.2 Å². The standard InChI is InChI=1S/C30H30ClN3O4/c1-20-28(19-33(18-21-7-8-21)29(35)22-9-11-25(36-2)12-10-22)30(38-27-15-13-26(37-3)14-16-27)34(32-20)24-6-4-5-23(31)17-24/h4-6,9-17,21H,7-8,18-19H2,1-3H3. The summed E-state index contributed by atoms with van der Waals surface area (Å²) >= 11 is 6.31. The minimum atomic E-state index is -0.0372. The molecule has 0 spiro atoms. The summed E-state index contributed by atoms with van der Waals surface area (Å²) in [6.07, 6.45) is 2.25. The largest absolute Gasteiger partial charge is 0.497 e. The third kappa shape index (κ3) is 5.78. The molecule has 1 aliphatic rings. The normalized spacial score (nSPS) is 12.7. The van der Waals surface area contributed by atoms with Crippen molar-refractivity contribution in [3.63, 3.8) is 0 Å². The van der Waals surface area contributed by atoms with Crippen LogP contribution in [0.2, 0.25) is 5.02 Å². The van der Waals surface area contributed by atoms with Crippen molar-refractivity contribution in [3.05, 3.63) is 94.6 Å². The molecule has 0 bridgehead atoms. The summed E-state index contributed by atoms with van der Waals surface area (Å²) in [6, 6.07) is 22.0. The van der Waals surface area contributed by atoms with Gasteiger partial charge in [0.25, 0.3) is 5.91 Å². The van der Waals surface area contributed by atoms with Crippen LogP contribution in [0.4, 0.5) is 0 Å². The van der Waals surface area contributed by atoms with Crippen LogP contribution in [0.3, 0.4) is 0 Å².